The van der Waals surface area contributed by atoms with Crippen molar-refractivity contribution in [3.05, 3.63) is 11.7 Å². The van der Waals surface area contributed by atoms with Crippen LogP contribution >= 0.6 is 12.4 Å². The lowest BCUT2D eigenvalue weighted by molar-refractivity contribution is 0.171. The minimum absolute atomic E-state index is 0. The van der Waals surface area contributed by atoms with Crippen molar-refractivity contribution in [2.75, 3.05) is 26.7 Å². The third-order valence-electron chi connectivity index (χ3n) is 3.38. The number of hydrogen-bond donors (Lipinski definition) is 1. The fourth-order valence-electron chi connectivity index (χ4n) is 2.34. The van der Waals surface area contributed by atoms with Crippen molar-refractivity contribution in [2.24, 2.45) is 5.92 Å². The molecule has 0 aromatic carbocycles. The Morgan fingerprint density at radius 3 is 2.67 bits per heavy atom. The summed E-state index contributed by atoms with van der Waals surface area (Å²) in [5.74, 6) is 2.40. The van der Waals surface area contributed by atoms with Crippen molar-refractivity contribution in [3.8, 4) is 0 Å². The molecule has 1 aliphatic rings. The Kier molecular flexibility index (Phi) is 6.60. The molecule has 1 saturated heterocycles. The number of piperidine rings is 1. The first-order valence-corrected chi connectivity index (χ1v) is 6.50. The predicted molar refractivity (Wildman–Crippen MR) is 72.9 cm³/mol. The molecular formula is C12H23ClN4O. The minimum Gasteiger partial charge on any atom is -0.339 e. The molecular weight excluding hydrogens is 252 g/mol. The summed E-state index contributed by atoms with van der Waals surface area (Å²) in [5, 5.41) is 7.25. The number of nitrogens with zero attached hydrogens (tertiary/aromatic N) is 3. The van der Waals surface area contributed by atoms with Crippen LogP contribution in [0.2, 0.25) is 0 Å². The van der Waals surface area contributed by atoms with E-state index in [4.69, 9.17) is 4.52 Å². The fraction of sp³-hybridized carbons (Fsp3) is 0.833. The SMILES string of the molecule is CCc1nc(CN2CCC(CNC)CC2)no1.Cl. The molecule has 0 atom stereocenters. The maximum Gasteiger partial charge on any atom is 0.226 e. The predicted octanol–water partition coefficient (Wildman–Crippen LogP) is 1.49. The van der Waals surface area contributed by atoms with E-state index in [1.165, 1.54) is 12.8 Å². The van der Waals surface area contributed by atoms with Crippen LogP contribution in [0.15, 0.2) is 4.52 Å². The zero-order valence-corrected chi connectivity index (χ0v) is 12.0. The summed E-state index contributed by atoms with van der Waals surface area (Å²) in [5.41, 5.74) is 0. The third-order valence-corrected chi connectivity index (χ3v) is 3.38. The van der Waals surface area contributed by atoms with Gasteiger partial charge < -0.3 is 9.84 Å². The van der Waals surface area contributed by atoms with Gasteiger partial charge in [0.2, 0.25) is 5.89 Å². The zero-order valence-electron chi connectivity index (χ0n) is 11.2. The van der Waals surface area contributed by atoms with Gasteiger partial charge in [0, 0.05) is 6.42 Å². The molecule has 104 valence electrons. The highest BCUT2D eigenvalue weighted by Gasteiger charge is 2.19. The van der Waals surface area contributed by atoms with E-state index in [1.807, 2.05) is 14.0 Å². The molecule has 0 aliphatic carbocycles. The highest BCUT2D eigenvalue weighted by molar-refractivity contribution is 5.85. The van der Waals surface area contributed by atoms with Crippen LogP contribution in [0.1, 0.15) is 31.5 Å². The molecule has 5 nitrogen and oxygen atoms in total. The lowest BCUT2D eigenvalue weighted by atomic mass is 9.97. The number of rotatable bonds is 5. The number of nitrogens with one attached hydrogen (secondary N) is 1. The van der Waals surface area contributed by atoms with Crippen LogP contribution in [-0.2, 0) is 13.0 Å². The summed E-state index contributed by atoms with van der Waals surface area (Å²) in [7, 11) is 2.03. The van der Waals surface area contributed by atoms with E-state index in [-0.39, 0.29) is 12.4 Å². The first kappa shape index (κ1) is 15.4. The van der Waals surface area contributed by atoms with Crippen LogP contribution < -0.4 is 5.32 Å². The van der Waals surface area contributed by atoms with Gasteiger partial charge in [0.05, 0.1) is 6.54 Å². The molecule has 1 aliphatic heterocycles. The van der Waals surface area contributed by atoms with E-state index in [0.717, 1.165) is 50.2 Å². The van der Waals surface area contributed by atoms with Gasteiger partial charge in [-0.25, -0.2) is 0 Å². The molecule has 1 aromatic rings. The molecule has 18 heavy (non-hydrogen) atoms. The second kappa shape index (κ2) is 7.71. The maximum absolute atomic E-state index is 5.12. The minimum atomic E-state index is 0. The van der Waals surface area contributed by atoms with Crippen LogP contribution in [0.5, 0.6) is 0 Å². The molecule has 0 spiro atoms. The summed E-state index contributed by atoms with van der Waals surface area (Å²) in [6.07, 6.45) is 3.34. The maximum atomic E-state index is 5.12. The summed E-state index contributed by atoms with van der Waals surface area (Å²) < 4.78 is 5.12. The lowest BCUT2D eigenvalue weighted by Gasteiger charge is -2.30. The van der Waals surface area contributed by atoms with Crippen molar-refractivity contribution in [1.29, 1.82) is 0 Å². The quantitative estimate of drug-likeness (QED) is 0.882. The molecule has 1 N–H and O–H groups in total. The molecule has 6 heteroatoms. The second-order valence-electron chi connectivity index (χ2n) is 4.74. The first-order chi connectivity index (χ1) is 8.31. The van der Waals surface area contributed by atoms with Crippen LogP contribution in [0.25, 0.3) is 0 Å². The number of hydrogen-bond acceptors (Lipinski definition) is 5. The summed E-state index contributed by atoms with van der Waals surface area (Å²) in [6.45, 7) is 6.27. The Labute approximate surface area is 115 Å². The van der Waals surface area contributed by atoms with Gasteiger partial charge in [-0.3, -0.25) is 4.90 Å². The van der Waals surface area contributed by atoms with E-state index >= 15 is 0 Å². The first-order valence-electron chi connectivity index (χ1n) is 6.50. The molecule has 0 bridgehead atoms. The van der Waals surface area contributed by atoms with Gasteiger partial charge in [-0.2, -0.15) is 4.98 Å². The second-order valence-corrected chi connectivity index (χ2v) is 4.74. The van der Waals surface area contributed by atoms with Crippen LogP contribution in [0, 0.1) is 5.92 Å². The molecule has 1 aromatic heterocycles. The van der Waals surface area contributed by atoms with Crippen molar-refractivity contribution in [1.82, 2.24) is 20.4 Å². The van der Waals surface area contributed by atoms with Gasteiger partial charge in [-0.05, 0) is 45.4 Å². The Hall–Kier alpha value is -0.650. The molecule has 2 heterocycles. The summed E-state index contributed by atoms with van der Waals surface area (Å²) >= 11 is 0. The van der Waals surface area contributed by atoms with Gasteiger partial charge >= 0.3 is 0 Å². The van der Waals surface area contributed by atoms with Crippen LogP contribution in [0.3, 0.4) is 0 Å². The molecule has 0 amide bonds. The van der Waals surface area contributed by atoms with Gasteiger partial charge in [0.15, 0.2) is 5.82 Å². The molecule has 0 saturated carbocycles. The third kappa shape index (κ3) is 4.23. The van der Waals surface area contributed by atoms with Gasteiger partial charge in [0.25, 0.3) is 0 Å². The van der Waals surface area contributed by atoms with Gasteiger partial charge in [0.1, 0.15) is 0 Å². The van der Waals surface area contributed by atoms with E-state index in [0.29, 0.717) is 0 Å². The Morgan fingerprint density at radius 2 is 2.11 bits per heavy atom. The van der Waals surface area contributed by atoms with Gasteiger partial charge in [-0.15, -0.1) is 12.4 Å². The highest BCUT2D eigenvalue weighted by atomic mass is 35.5. The number of aryl methyl sites for hydroxylation is 1. The van der Waals surface area contributed by atoms with E-state index in [9.17, 15) is 0 Å². The molecule has 1 fully saturated rings. The Morgan fingerprint density at radius 1 is 1.39 bits per heavy atom. The average Bonchev–Trinajstić information content (AvgIpc) is 2.80. The van der Waals surface area contributed by atoms with Crippen LogP contribution in [-0.4, -0.2) is 41.7 Å². The average molecular weight is 275 g/mol. The van der Waals surface area contributed by atoms with E-state index < -0.39 is 0 Å². The lowest BCUT2D eigenvalue weighted by Crippen LogP contribution is -2.36. The molecule has 2 rings (SSSR count). The van der Waals surface area contributed by atoms with Crippen LogP contribution in [0.4, 0.5) is 0 Å². The zero-order chi connectivity index (χ0) is 12.1. The standard InChI is InChI=1S/C12H22N4O.ClH/c1-3-12-14-11(15-17-12)9-16-6-4-10(5-7-16)8-13-2;/h10,13H,3-9H2,1-2H3;1H. The number of aromatic nitrogens is 2. The van der Waals surface area contributed by atoms with Crippen molar-refractivity contribution in [3.63, 3.8) is 0 Å². The van der Waals surface area contributed by atoms with E-state index in [1.54, 1.807) is 0 Å². The fourth-order valence-corrected chi connectivity index (χ4v) is 2.34. The normalized spacial score (nSPS) is 17.7. The molecule has 0 unspecified atom stereocenters. The monoisotopic (exact) mass is 274 g/mol. The topological polar surface area (TPSA) is 54.2 Å². The van der Waals surface area contributed by atoms with E-state index in [2.05, 4.69) is 20.4 Å². The van der Waals surface area contributed by atoms with Crippen molar-refractivity contribution in [2.45, 2.75) is 32.7 Å². The number of halogens is 1. The summed E-state index contributed by atoms with van der Waals surface area (Å²) in [6, 6.07) is 0. The van der Waals surface area contributed by atoms with Gasteiger partial charge in [-0.1, -0.05) is 12.1 Å². The number of likely N-dealkylation sites (tertiary alicyclic amines) is 1. The summed E-state index contributed by atoms with van der Waals surface area (Å²) in [4.78, 5) is 6.76. The Balaban J connectivity index is 0.00000162. The van der Waals surface area contributed by atoms with Crippen molar-refractivity contribution >= 4 is 12.4 Å². The Bertz CT molecular complexity index is 337. The smallest absolute Gasteiger partial charge is 0.226 e. The van der Waals surface area contributed by atoms with Crippen molar-refractivity contribution < 1.29 is 4.52 Å². The highest BCUT2D eigenvalue weighted by Crippen LogP contribution is 2.17. The largest absolute Gasteiger partial charge is 0.339 e. The molecule has 0 radical (unpaired) electrons.